The number of benzene rings is 2. The molecule has 0 spiro atoms. The molecular formula is C23H25N5O4. The smallest absolute Gasteiger partial charge is 0.223 e. The number of hydrogen-bond acceptors (Lipinski definition) is 7. The summed E-state index contributed by atoms with van der Waals surface area (Å²) in [5.74, 6) is 2.86. The van der Waals surface area contributed by atoms with Gasteiger partial charge in [-0.1, -0.05) is 12.1 Å². The van der Waals surface area contributed by atoms with E-state index in [1.54, 1.807) is 11.8 Å². The van der Waals surface area contributed by atoms with E-state index < -0.39 is 5.54 Å². The molecule has 2 aromatic carbocycles. The first kappa shape index (κ1) is 20.3. The van der Waals surface area contributed by atoms with E-state index in [0.717, 1.165) is 29.8 Å². The van der Waals surface area contributed by atoms with E-state index in [0.29, 0.717) is 43.5 Å². The third-order valence-electron chi connectivity index (χ3n) is 6.17. The van der Waals surface area contributed by atoms with E-state index in [-0.39, 0.29) is 5.91 Å². The average molecular weight is 435 g/mol. The van der Waals surface area contributed by atoms with Gasteiger partial charge in [0.25, 0.3) is 0 Å². The average Bonchev–Trinajstić information content (AvgIpc) is 3.33. The lowest BCUT2D eigenvalue weighted by Crippen LogP contribution is -2.51. The number of rotatable bonds is 5. The van der Waals surface area contributed by atoms with Crippen LogP contribution in [0.3, 0.4) is 0 Å². The maximum atomic E-state index is 13.1. The summed E-state index contributed by atoms with van der Waals surface area (Å²) in [6.45, 7) is 3.53. The van der Waals surface area contributed by atoms with Gasteiger partial charge in [0.1, 0.15) is 24.5 Å². The number of tetrazole rings is 1. The van der Waals surface area contributed by atoms with Gasteiger partial charge in [0.2, 0.25) is 5.91 Å². The van der Waals surface area contributed by atoms with Gasteiger partial charge in [0.05, 0.1) is 12.8 Å². The Morgan fingerprint density at radius 1 is 1.09 bits per heavy atom. The molecule has 1 aromatic heterocycles. The molecule has 0 radical (unpaired) electrons. The Balaban J connectivity index is 1.51. The zero-order valence-electron chi connectivity index (χ0n) is 18.2. The van der Waals surface area contributed by atoms with Gasteiger partial charge in [0, 0.05) is 19.0 Å². The predicted octanol–water partition coefficient (Wildman–Crippen LogP) is 2.87. The van der Waals surface area contributed by atoms with Crippen LogP contribution in [0.1, 0.15) is 37.6 Å². The highest BCUT2D eigenvalue weighted by Gasteiger charge is 2.44. The fraction of sp³-hybridized carbons (Fsp3) is 0.391. The summed E-state index contributed by atoms with van der Waals surface area (Å²) in [5.41, 5.74) is 1.12. The zero-order chi connectivity index (χ0) is 22.1. The number of fused-ring (bicyclic) bond motifs is 1. The number of amides is 1. The third kappa shape index (κ3) is 3.53. The Bertz CT molecular complexity index is 1130. The number of nitrogens with zero attached hydrogens (tertiary/aromatic N) is 5. The topological polar surface area (TPSA) is 91.6 Å². The molecule has 1 amide bonds. The lowest BCUT2D eigenvalue weighted by molar-refractivity contribution is -0.143. The Morgan fingerprint density at radius 2 is 1.88 bits per heavy atom. The number of carbonyl (C=O) groups excluding carboxylic acids is 1. The number of carbonyl (C=O) groups is 1. The Labute approximate surface area is 185 Å². The van der Waals surface area contributed by atoms with E-state index in [4.69, 9.17) is 14.2 Å². The van der Waals surface area contributed by atoms with Crippen molar-refractivity contribution in [1.82, 2.24) is 25.1 Å². The molecule has 0 aliphatic carbocycles. The van der Waals surface area contributed by atoms with E-state index in [1.807, 2.05) is 54.3 Å². The highest BCUT2D eigenvalue weighted by Crippen LogP contribution is 2.39. The first-order valence-corrected chi connectivity index (χ1v) is 10.7. The van der Waals surface area contributed by atoms with Crippen molar-refractivity contribution < 1.29 is 19.0 Å². The van der Waals surface area contributed by atoms with Crippen LogP contribution in [-0.4, -0.2) is 51.3 Å². The van der Waals surface area contributed by atoms with E-state index in [1.165, 1.54) is 0 Å². The molecule has 1 saturated heterocycles. The largest absolute Gasteiger partial charge is 0.497 e. The maximum Gasteiger partial charge on any atom is 0.223 e. The van der Waals surface area contributed by atoms with Gasteiger partial charge in [-0.25, -0.2) is 0 Å². The molecule has 3 heterocycles. The van der Waals surface area contributed by atoms with Crippen LogP contribution in [0.2, 0.25) is 0 Å². The molecule has 9 heteroatoms. The fourth-order valence-electron chi connectivity index (χ4n) is 4.40. The summed E-state index contributed by atoms with van der Waals surface area (Å²) in [7, 11) is 1.64. The van der Waals surface area contributed by atoms with Gasteiger partial charge in [-0.15, -0.1) is 5.10 Å². The van der Waals surface area contributed by atoms with Crippen molar-refractivity contribution in [2.45, 2.75) is 38.3 Å². The number of ether oxygens (including phenoxy) is 3. The molecule has 0 bridgehead atoms. The lowest BCUT2D eigenvalue weighted by atomic mass is 9.86. The van der Waals surface area contributed by atoms with Gasteiger partial charge >= 0.3 is 0 Å². The summed E-state index contributed by atoms with van der Waals surface area (Å²) in [6, 6.07) is 13.4. The highest BCUT2D eigenvalue weighted by atomic mass is 16.6. The van der Waals surface area contributed by atoms with Crippen LogP contribution in [0.25, 0.3) is 5.69 Å². The van der Waals surface area contributed by atoms with Crippen LogP contribution >= 0.6 is 0 Å². The van der Waals surface area contributed by atoms with Gasteiger partial charge in [-0.05, 0) is 60.0 Å². The second-order valence-corrected chi connectivity index (χ2v) is 8.20. The van der Waals surface area contributed by atoms with Crippen LogP contribution in [0.5, 0.6) is 17.2 Å². The van der Waals surface area contributed by atoms with Gasteiger partial charge in [-0.3, -0.25) is 4.79 Å². The second-order valence-electron chi connectivity index (χ2n) is 8.20. The van der Waals surface area contributed by atoms with Crippen molar-refractivity contribution in [2.75, 3.05) is 20.3 Å². The van der Waals surface area contributed by atoms with Crippen LogP contribution < -0.4 is 14.2 Å². The molecule has 5 rings (SSSR count). The van der Waals surface area contributed by atoms with Crippen molar-refractivity contribution in [2.24, 2.45) is 0 Å². The monoisotopic (exact) mass is 435 g/mol. The number of hydrogen-bond donors (Lipinski definition) is 0. The highest BCUT2D eigenvalue weighted by molar-refractivity contribution is 5.78. The van der Waals surface area contributed by atoms with E-state index in [9.17, 15) is 4.79 Å². The fourth-order valence-corrected chi connectivity index (χ4v) is 4.40. The molecule has 0 N–H and O–H groups in total. The molecule has 3 aromatic rings. The molecule has 1 fully saturated rings. The molecule has 2 aliphatic heterocycles. The van der Waals surface area contributed by atoms with Crippen LogP contribution in [0.15, 0.2) is 42.5 Å². The predicted molar refractivity (Wildman–Crippen MR) is 115 cm³/mol. The minimum atomic E-state index is -0.661. The minimum Gasteiger partial charge on any atom is -0.497 e. The molecule has 9 nitrogen and oxygen atoms in total. The summed E-state index contributed by atoms with van der Waals surface area (Å²) in [5, 5.41) is 12.6. The van der Waals surface area contributed by atoms with Crippen LogP contribution in [0, 0.1) is 0 Å². The maximum absolute atomic E-state index is 13.1. The van der Waals surface area contributed by atoms with Crippen molar-refractivity contribution in [1.29, 1.82) is 0 Å². The number of piperidine rings is 1. The van der Waals surface area contributed by atoms with Crippen LogP contribution in [-0.2, 0) is 16.9 Å². The van der Waals surface area contributed by atoms with E-state index in [2.05, 4.69) is 15.5 Å². The quantitative estimate of drug-likeness (QED) is 0.609. The minimum absolute atomic E-state index is 0.0892. The van der Waals surface area contributed by atoms with Gasteiger partial charge < -0.3 is 19.1 Å². The number of likely N-dealkylation sites (tertiary alicyclic amines) is 1. The van der Waals surface area contributed by atoms with Gasteiger partial charge in [0.15, 0.2) is 17.3 Å². The van der Waals surface area contributed by atoms with Crippen molar-refractivity contribution >= 4 is 5.91 Å². The summed E-state index contributed by atoms with van der Waals surface area (Å²) < 4.78 is 18.3. The first-order valence-electron chi connectivity index (χ1n) is 10.7. The molecule has 1 atom stereocenters. The Morgan fingerprint density at radius 3 is 2.66 bits per heavy atom. The zero-order valence-corrected chi connectivity index (χ0v) is 18.2. The normalized spacial score (nSPS) is 20.3. The van der Waals surface area contributed by atoms with Crippen molar-refractivity contribution in [3.8, 4) is 22.9 Å². The molecular weight excluding hydrogens is 410 g/mol. The van der Waals surface area contributed by atoms with Crippen molar-refractivity contribution in [3.05, 3.63) is 53.9 Å². The number of methoxy groups -OCH3 is 1. The summed E-state index contributed by atoms with van der Waals surface area (Å²) in [4.78, 5) is 14.9. The third-order valence-corrected chi connectivity index (χ3v) is 6.17. The standard InChI is InChI=1S/C23H25N5O4/c1-23(11-3-4-21(29)27(23)15-16-5-8-18(30-2)9-6-16)22-24-25-26-28(22)17-7-10-19-20(14-17)32-13-12-31-19/h5-10,14H,3-4,11-13,15H2,1-2H3. The van der Waals surface area contributed by atoms with Crippen LogP contribution in [0.4, 0.5) is 0 Å². The SMILES string of the molecule is COc1ccc(CN2C(=O)CCCC2(C)c2nnnn2-c2ccc3c(c2)OCCO3)cc1. The Hall–Kier alpha value is -3.62. The second kappa shape index (κ2) is 8.14. The lowest BCUT2D eigenvalue weighted by Gasteiger charge is -2.43. The molecule has 1 unspecified atom stereocenters. The Kier molecular flexibility index (Phi) is 5.16. The van der Waals surface area contributed by atoms with Crippen molar-refractivity contribution in [3.63, 3.8) is 0 Å². The molecule has 0 saturated carbocycles. The first-order chi connectivity index (χ1) is 15.6. The molecule has 166 valence electrons. The molecule has 32 heavy (non-hydrogen) atoms. The van der Waals surface area contributed by atoms with E-state index >= 15 is 0 Å². The van der Waals surface area contributed by atoms with Gasteiger partial charge in [-0.2, -0.15) is 4.68 Å². The summed E-state index contributed by atoms with van der Waals surface area (Å²) >= 11 is 0. The number of aromatic nitrogens is 4. The summed E-state index contributed by atoms with van der Waals surface area (Å²) in [6.07, 6.45) is 2.06. The molecule has 2 aliphatic rings.